The zero-order valence-electron chi connectivity index (χ0n) is 5.84. The van der Waals surface area contributed by atoms with Gasteiger partial charge in [0, 0.05) is 0 Å². The van der Waals surface area contributed by atoms with Gasteiger partial charge in [-0.2, -0.15) is 0 Å². The summed E-state index contributed by atoms with van der Waals surface area (Å²) >= 11 is 0. The topological polar surface area (TPSA) is 77.4 Å². The van der Waals surface area contributed by atoms with Crippen molar-refractivity contribution in [2.75, 3.05) is 13.3 Å². The van der Waals surface area contributed by atoms with Crippen molar-refractivity contribution in [2.24, 2.45) is 0 Å². The smallest absolute Gasteiger partial charge is 0.547 e. The number of rotatable bonds is 2. The van der Waals surface area contributed by atoms with Gasteiger partial charge in [0.15, 0.2) is 6.67 Å². The fourth-order valence-electron chi connectivity index (χ4n) is 0. The van der Waals surface area contributed by atoms with E-state index in [-0.39, 0.29) is 29.6 Å². The maximum Gasteiger partial charge on any atom is 1.00 e. The molecule has 60 valence electrons. The van der Waals surface area contributed by atoms with E-state index in [4.69, 9.17) is 19.8 Å². The maximum absolute atomic E-state index is 10.5. The molecule has 0 spiro atoms. The molecule has 0 aliphatic heterocycles. The Kier molecular flexibility index (Phi) is 19.3. The standard InChI is InChI=1S/2C2H3FO2.Na/c2*3-1-2(4)5;/h2*1H2,(H,4,5);/q;;+1/p-1. The Labute approximate surface area is 83.5 Å². The number of carboxylic acids is 2. The van der Waals surface area contributed by atoms with Gasteiger partial charge in [-0.3, -0.25) is 0 Å². The van der Waals surface area contributed by atoms with E-state index >= 15 is 0 Å². The monoisotopic (exact) mass is 178 g/mol. The molecule has 0 bridgehead atoms. The van der Waals surface area contributed by atoms with Gasteiger partial charge in [-0.1, -0.05) is 0 Å². The van der Waals surface area contributed by atoms with Crippen molar-refractivity contribution in [1.82, 2.24) is 0 Å². The molecule has 0 aliphatic carbocycles. The fourth-order valence-corrected chi connectivity index (χ4v) is 0. The minimum absolute atomic E-state index is 0. The van der Waals surface area contributed by atoms with Crippen molar-refractivity contribution in [3.63, 3.8) is 0 Å². The summed E-state index contributed by atoms with van der Waals surface area (Å²) in [5.41, 5.74) is 0. The molecule has 1 N–H and O–H groups in total. The van der Waals surface area contributed by atoms with Crippen molar-refractivity contribution in [3.8, 4) is 0 Å². The molecule has 0 atom stereocenters. The van der Waals surface area contributed by atoms with Crippen molar-refractivity contribution >= 4 is 11.9 Å². The van der Waals surface area contributed by atoms with Gasteiger partial charge in [0.25, 0.3) is 0 Å². The molecule has 0 amide bonds. The Morgan fingerprint density at radius 1 is 1.27 bits per heavy atom. The molecule has 4 nitrogen and oxygen atoms in total. The number of carbonyl (C=O) groups excluding carboxylic acids is 1. The normalized spacial score (nSPS) is 6.73. The Morgan fingerprint density at radius 2 is 1.45 bits per heavy atom. The fraction of sp³-hybridized carbons (Fsp3) is 0.500. The molecule has 0 aromatic heterocycles. The Morgan fingerprint density at radius 3 is 1.45 bits per heavy atom. The van der Waals surface area contributed by atoms with E-state index in [2.05, 4.69) is 0 Å². The number of hydrogen-bond donors (Lipinski definition) is 1. The summed E-state index contributed by atoms with van der Waals surface area (Å²) in [5, 5.41) is 16.2. The van der Waals surface area contributed by atoms with Crippen molar-refractivity contribution in [1.29, 1.82) is 0 Å². The minimum Gasteiger partial charge on any atom is -0.547 e. The van der Waals surface area contributed by atoms with E-state index in [1.165, 1.54) is 0 Å². The van der Waals surface area contributed by atoms with Crippen molar-refractivity contribution in [2.45, 2.75) is 0 Å². The Hall–Kier alpha value is -0.200. The number of carboxylic acid groups (broad SMARTS) is 2. The van der Waals surface area contributed by atoms with Crippen LogP contribution in [0.5, 0.6) is 0 Å². The summed E-state index contributed by atoms with van der Waals surface area (Å²) in [5.74, 6) is -3.07. The van der Waals surface area contributed by atoms with Gasteiger partial charge in [0.2, 0.25) is 0 Å². The molecule has 0 heterocycles. The number of halogens is 2. The van der Waals surface area contributed by atoms with Gasteiger partial charge >= 0.3 is 35.5 Å². The van der Waals surface area contributed by atoms with Crippen LogP contribution < -0.4 is 34.7 Å². The second-order valence-electron chi connectivity index (χ2n) is 1.03. The van der Waals surface area contributed by atoms with Gasteiger partial charge in [-0.15, -0.1) is 0 Å². The van der Waals surface area contributed by atoms with Crippen molar-refractivity contribution < 1.29 is 58.1 Å². The molecule has 0 aliphatic rings. The molecule has 0 fully saturated rings. The van der Waals surface area contributed by atoms with E-state index in [1.807, 2.05) is 0 Å². The van der Waals surface area contributed by atoms with E-state index in [0.29, 0.717) is 0 Å². The first-order chi connectivity index (χ1) is 4.54. The van der Waals surface area contributed by atoms with Gasteiger partial charge in [0.05, 0.1) is 5.97 Å². The van der Waals surface area contributed by atoms with Crippen LogP contribution in [0.15, 0.2) is 0 Å². The van der Waals surface area contributed by atoms with Gasteiger partial charge in [0.1, 0.15) is 6.67 Å². The number of hydrogen-bond acceptors (Lipinski definition) is 3. The predicted molar refractivity (Wildman–Crippen MR) is 24.6 cm³/mol. The maximum atomic E-state index is 10.5. The van der Waals surface area contributed by atoms with Crippen LogP contribution in [0.2, 0.25) is 0 Å². The van der Waals surface area contributed by atoms with Crippen LogP contribution in [0.4, 0.5) is 8.78 Å². The third kappa shape index (κ3) is 41.3. The van der Waals surface area contributed by atoms with Crippen LogP contribution in [-0.4, -0.2) is 30.4 Å². The molecule has 7 heteroatoms. The quantitative estimate of drug-likeness (QED) is 0.434. The zero-order valence-corrected chi connectivity index (χ0v) is 7.84. The van der Waals surface area contributed by atoms with E-state index in [9.17, 15) is 8.78 Å². The third-order valence-electron chi connectivity index (χ3n) is 0.223. The molecular weight excluding hydrogens is 173 g/mol. The summed E-state index contributed by atoms with van der Waals surface area (Å²) in [6, 6.07) is 0. The molecule has 0 saturated heterocycles. The van der Waals surface area contributed by atoms with Gasteiger partial charge in [-0.05, 0) is 0 Å². The first-order valence-electron chi connectivity index (χ1n) is 2.08. The first-order valence-corrected chi connectivity index (χ1v) is 2.08. The largest absolute Gasteiger partial charge is 1.00 e. The second-order valence-corrected chi connectivity index (χ2v) is 1.03. The predicted octanol–water partition coefficient (Wildman–Crippen LogP) is -4.25. The molecular formula is C4H5F2NaO4. The van der Waals surface area contributed by atoms with Crippen LogP contribution in [0.1, 0.15) is 0 Å². The zero-order chi connectivity index (χ0) is 8.57. The minimum atomic E-state index is -1.66. The third-order valence-corrected chi connectivity index (χ3v) is 0.223. The number of alkyl halides is 2. The van der Waals surface area contributed by atoms with Gasteiger partial charge in [-0.25, -0.2) is 13.6 Å². The molecule has 0 aromatic rings. The van der Waals surface area contributed by atoms with Crippen LogP contribution in [0.25, 0.3) is 0 Å². The molecule has 0 saturated carbocycles. The van der Waals surface area contributed by atoms with Crippen molar-refractivity contribution in [3.05, 3.63) is 0 Å². The van der Waals surface area contributed by atoms with E-state index < -0.39 is 25.3 Å². The summed E-state index contributed by atoms with van der Waals surface area (Å²) in [6.07, 6.45) is 0. The van der Waals surface area contributed by atoms with E-state index in [0.717, 1.165) is 0 Å². The Balaban J connectivity index is -0.000000107. The number of aliphatic carboxylic acids is 2. The van der Waals surface area contributed by atoms with Crippen LogP contribution >= 0.6 is 0 Å². The SMILES string of the molecule is O=C(O)CF.O=C([O-])CF.[Na+]. The average Bonchev–Trinajstić information content (AvgIpc) is 1.89. The summed E-state index contributed by atoms with van der Waals surface area (Å²) in [6.45, 7) is -2.67. The first kappa shape index (κ1) is 17.0. The molecule has 0 radical (unpaired) electrons. The molecule has 0 unspecified atom stereocenters. The van der Waals surface area contributed by atoms with Crippen LogP contribution in [-0.2, 0) is 9.59 Å². The van der Waals surface area contributed by atoms with E-state index in [1.54, 1.807) is 0 Å². The average molecular weight is 178 g/mol. The summed E-state index contributed by atoms with van der Waals surface area (Å²) in [4.78, 5) is 17.9. The summed E-state index contributed by atoms with van der Waals surface area (Å²) in [7, 11) is 0. The second kappa shape index (κ2) is 12.5. The van der Waals surface area contributed by atoms with Gasteiger partial charge < -0.3 is 15.0 Å². The van der Waals surface area contributed by atoms with Crippen LogP contribution in [0, 0.1) is 0 Å². The number of carbonyl (C=O) groups is 2. The summed E-state index contributed by atoms with van der Waals surface area (Å²) < 4.78 is 21.0. The Bertz CT molecular complexity index is 105. The molecule has 0 aromatic carbocycles. The van der Waals surface area contributed by atoms with Crippen LogP contribution in [0.3, 0.4) is 0 Å². The molecule has 11 heavy (non-hydrogen) atoms. The molecule has 0 rings (SSSR count).